The van der Waals surface area contributed by atoms with Crippen LogP contribution in [0.15, 0.2) is 0 Å². The van der Waals surface area contributed by atoms with Gasteiger partial charge in [0.25, 0.3) is 0 Å². The molecule has 4 heteroatoms. The zero-order valence-corrected chi connectivity index (χ0v) is 7.25. The fourth-order valence-corrected chi connectivity index (χ4v) is 2.09. The number of rotatable bonds is 2. The van der Waals surface area contributed by atoms with Crippen LogP contribution < -0.4 is 5.32 Å². The van der Waals surface area contributed by atoms with Crippen LogP contribution in [0.1, 0.15) is 6.42 Å². The molecular formula is C8H14N2O2. The number of piperazine rings is 1. The van der Waals surface area contributed by atoms with Gasteiger partial charge in [-0.15, -0.1) is 0 Å². The van der Waals surface area contributed by atoms with E-state index >= 15 is 0 Å². The largest absolute Gasteiger partial charge is 0.375 e. The van der Waals surface area contributed by atoms with Crippen LogP contribution in [0.4, 0.5) is 0 Å². The van der Waals surface area contributed by atoms with E-state index in [1.807, 2.05) is 4.90 Å². The molecule has 3 aliphatic rings. The van der Waals surface area contributed by atoms with Gasteiger partial charge in [-0.3, -0.25) is 4.79 Å². The molecule has 1 amide bonds. The van der Waals surface area contributed by atoms with Gasteiger partial charge in [-0.1, -0.05) is 0 Å². The molecule has 12 heavy (non-hydrogen) atoms. The molecule has 0 unspecified atom stereocenters. The Balaban J connectivity index is 1.92. The lowest BCUT2D eigenvalue weighted by Gasteiger charge is -2.52. The third-order valence-electron chi connectivity index (χ3n) is 2.65. The van der Waals surface area contributed by atoms with Crippen molar-refractivity contribution in [3.8, 4) is 0 Å². The minimum absolute atomic E-state index is 0.139. The van der Waals surface area contributed by atoms with Crippen molar-refractivity contribution in [3.63, 3.8) is 0 Å². The van der Waals surface area contributed by atoms with Gasteiger partial charge in [0.2, 0.25) is 5.91 Å². The quantitative estimate of drug-likeness (QED) is 0.590. The summed E-state index contributed by atoms with van der Waals surface area (Å²) in [5.74, 6) is 0.139. The molecule has 3 heterocycles. The average Bonchev–Trinajstić information content (AvgIpc) is 2.05. The lowest BCUT2D eigenvalue weighted by molar-refractivity contribution is -0.151. The van der Waals surface area contributed by atoms with E-state index in [-0.39, 0.29) is 12.5 Å². The van der Waals surface area contributed by atoms with E-state index in [2.05, 4.69) is 5.32 Å². The van der Waals surface area contributed by atoms with Gasteiger partial charge in [0.1, 0.15) is 6.61 Å². The van der Waals surface area contributed by atoms with Crippen LogP contribution in [0.3, 0.4) is 0 Å². The van der Waals surface area contributed by atoms with E-state index in [9.17, 15) is 4.79 Å². The van der Waals surface area contributed by atoms with Crippen molar-refractivity contribution >= 4 is 5.91 Å². The standard InChI is InChI=1S/C8H14N2O2/c1-12-5-8(11)10-6-2-7(10)4-9-3-6/h6-7,9H,2-5H2,1H3/t6-,7+. The number of carbonyl (C=O) groups is 1. The zero-order chi connectivity index (χ0) is 8.55. The van der Waals surface area contributed by atoms with E-state index in [1.165, 1.54) is 6.42 Å². The summed E-state index contributed by atoms with van der Waals surface area (Å²) in [5.41, 5.74) is 0. The smallest absolute Gasteiger partial charge is 0.249 e. The first-order chi connectivity index (χ1) is 5.83. The van der Waals surface area contributed by atoms with Crippen molar-refractivity contribution < 1.29 is 9.53 Å². The van der Waals surface area contributed by atoms with E-state index < -0.39 is 0 Å². The molecule has 0 radical (unpaired) electrons. The highest BCUT2D eigenvalue weighted by atomic mass is 16.5. The van der Waals surface area contributed by atoms with Gasteiger partial charge >= 0.3 is 0 Å². The number of piperidine rings is 1. The number of ether oxygens (including phenoxy) is 1. The molecule has 0 aromatic heterocycles. The van der Waals surface area contributed by atoms with Crippen LogP contribution in [0.25, 0.3) is 0 Å². The molecule has 4 nitrogen and oxygen atoms in total. The summed E-state index contributed by atoms with van der Waals surface area (Å²) in [4.78, 5) is 13.4. The Morgan fingerprint density at radius 1 is 1.58 bits per heavy atom. The first-order valence-corrected chi connectivity index (χ1v) is 4.33. The van der Waals surface area contributed by atoms with Gasteiger partial charge in [-0.05, 0) is 6.42 Å². The van der Waals surface area contributed by atoms with Crippen molar-refractivity contribution in [2.24, 2.45) is 0 Å². The normalized spacial score (nSPS) is 32.9. The maximum absolute atomic E-state index is 11.4. The molecule has 2 bridgehead atoms. The fourth-order valence-electron chi connectivity index (χ4n) is 2.09. The first-order valence-electron chi connectivity index (χ1n) is 4.33. The molecule has 3 aliphatic heterocycles. The molecule has 2 atom stereocenters. The van der Waals surface area contributed by atoms with Crippen molar-refractivity contribution in [1.82, 2.24) is 10.2 Å². The number of amides is 1. The molecular weight excluding hydrogens is 156 g/mol. The van der Waals surface area contributed by atoms with Crippen LogP contribution in [0, 0.1) is 0 Å². The summed E-state index contributed by atoms with van der Waals surface area (Å²) in [5, 5.41) is 3.28. The second-order valence-electron chi connectivity index (χ2n) is 3.44. The summed E-state index contributed by atoms with van der Waals surface area (Å²) >= 11 is 0. The van der Waals surface area contributed by atoms with Gasteiger partial charge in [0.15, 0.2) is 0 Å². The number of hydrogen-bond acceptors (Lipinski definition) is 3. The topological polar surface area (TPSA) is 41.6 Å². The van der Waals surface area contributed by atoms with Crippen molar-refractivity contribution in [1.29, 1.82) is 0 Å². The fraction of sp³-hybridized carbons (Fsp3) is 0.875. The predicted molar refractivity (Wildman–Crippen MR) is 43.8 cm³/mol. The second-order valence-corrected chi connectivity index (χ2v) is 3.44. The molecule has 3 rings (SSSR count). The third kappa shape index (κ3) is 1.11. The monoisotopic (exact) mass is 170 g/mol. The lowest BCUT2D eigenvalue weighted by atomic mass is 9.89. The highest BCUT2D eigenvalue weighted by Gasteiger charge is 2.43. The van der Waals surface area contributed by atoms with E-state index in [1.54, 1.807) is 7.11 Å². The molecule has 1 N–H and O–H groups in total. The van der Waals surface area contributed by atoms with Gasteiger partial charge in [0.05, 0.1) is 0 Å². The van der Waals surface area contributed by atoms with Crippen molar-refractivity contribution in [2.45, 2.75) is 18.5 Å². The van der Waals surface area contributed by atoms with Gasteiger partial charge < -0.3 is 15.0 Å². The summed E-state index contributed by atoms with van der Waals surface area (Å²) in [6, 6.07) is 0.873. The van der Waals surface area contributed by atoms with E-state index in [0.717, 1.165) is 13.1 Å². The Bertz CT molecular complexity index is 181. The van der Waals surface area contributed by atoms with Gasteiger partial charge in [-0.2, -0.15) is 0 Å². The molecule has 0 spiro atoms. The van der Waals surface area contributed by atoms with E-state index in [0.29, 0.717) is 12.1 Å². The Kier molecular flexibility index (Phi) is 2.02. The van der Waals surface area contributed by atoms with Crippen molar-refractivity contribution in [2.75, 3.05) is 26.8 Å². The predicted octanol–water partition coefficient (Wildman–Crippen LogP) is -0.794. The third-order valence-corrected chi connectivity index (χ3v) is 2.65. The number of nitrogens with zero attached hydrogens (tertiary/aromatic N) is 1. The number of carbonyl (C=O) groups excluding carboxylic acids is 1. The van der Waals surface area contributed by atoms with Crippen LogP contribution >= 0.6 is 0 Å². The molecule has 0 saturated carbocycles. The maximum Gasteiger partial charge on any atom is 0.249 e. The average molecular weight is 170 g/mol. The van der Waals surface area contributed by atoms with Crippen LogP contribution in [0.2, 0.25) is 0 Å². The Hall–Kier alpha value is -0.610. The summed E-state index contributed by atoms with van der Waals surface area (Å²) in [6.45, 7) is 2.13. The number of fused-ring (bicyclic) bond motifs is 2. The minimum atomic E-state index is 0.139. The number of nitrogens with one attached hydrogen (secondary N) is 1. The Labute approximate surface area is 71.9 Å². The van der Waals surface area contributed by atoms with Gasteiger partial charge in [0, 0.05) is 32.3 Å². The summed E-state index contributed by atoms with van der Waals surface area (Å²) in [6.07, 6.45) is 1.17. The molecule has 0 aromatic rings. The highest BCUT2D eigenvalue weighted by Crippen LogP contribution is 2.28. The van der Waals surface area contributed by atoms with Crippen LogP contribution in [-0.4, -0.2) is 49.7 Å². The van der Waals surface area contributed by atoms with Crippen molar-refractivity contribution in [3.05, 3.63) is 0 Å². The van der Waals surface area contributed by atoms with Gasteiger partial charge in [-0.25, -0.2) is 0 Å². The van der Waals surface area contributed by atoms with Crippen LogP contribution in [0.5, 0.6) is 0 Å². The molecule has 3 fully saturated rings. The minimum Gasteiger partial charge on any atom is -0.375 e. The summed E-state index contributed by atoms with van der Waals surface area (Å²) in [7, 11) is 1.56. The highest BCUT2D eigenvalue weighted by molar-refractivity contribution is 5.79. The first kappa shape index (κ1) is 8.01. The Morgan fingerprint density at radius 3 is 2.75 bits per heavy atom. The number of methoxy groups -OCH3 is 1. The molecule has 68 valence electrons. The SMILES string of the molecule is COCC(=O)N1[C@@H]2CNC[C@H]1C2. The lowest BCUT2D eigenvalue weighted by Crippen LogP contribution is -2.69. The number of hydrogen-bond donors (Lipinski definition) is 1. The zero-order valence-electron chi connectivity index (χ0n) is 7.25. The molecule has 0 aromatic carbocycles. The second kappa shape index (κ2) is 3.03. The molecule has 3 saturated heterocycles. The van der Waals surface area contributed by atoms with E-state index in [4.69, 9.17) is 4.74 Å². The van der Waals surface area contributed by atoms with Crippen LogP contribution in [-0.2, 0) is 9.53 Å². The maximum atomic E-state index is 11.4. The summed E-state index contributed by atoms with van der Waals surface area (Å²) < 4.78 is 4.81. The molecule has 0 aliphatic carbocycles. The Morgan fingerprint density at radius 2 is 2.25 bits per heavy atom.